The van der Waals surface area contributed by atoms with Crippen LogP contribution in [0.3, 0.4) is 0 Å². The van der Waals surface area contributed by atoms with Gasteiger partial charge in [-0.2, -0.15) is 0 Å². The summed E-state index contributed by atoms with van der Waals surface area (Å²) < 4.78 is 16.4. The number of carbonyl (C=O) groups is 1. The van der Waals surface area contributed by atoms with E-state index in [-0.39, 0.29) is 0 Å². The van der Waals surface area contributed by atoms with Crippen molar-refractivity contribution in [1.29, 1.82) is 0 Å². The third-order valence-electron chi connectivity index (χ3n) is 3.79. The molecule has 6 nitrogen and oxygen atoms in total. The maximum absolute atomic E-state index is 11.1. The van der Waals surface area contributed by atoms with Crippen molar-refractivity contribution in [2.24, 2.45) is 0 Å². The molecule has 2 rings (SSSR count). The maximum atomic E-state index is 11.1. The first-order valence-corrected chi connectivity index (χ1v) is 7.99. The van der Waals surface area contributed by atoms with Gasteiger partial charge in [-0.1, -0.05) is 11.6 Å². The minimum Gasteiger partial charge on any atom is -0.493 e. The average molecular weight is 335 g/mol. The van der Waals surface area contributed by atoms with Crippen LogP contribution in [0.4, 0.5) is 0 Å². The normalized spacial score (nSPS) is 18.0. The van der Waals surface area contributed by atoms with Crippen molar-refractivity contribution in [3.05, 3.63) is 35.4 Å². The number of ether oxygens (including phenoxy) is 3. The topological polar surface area (TPSA) is 68.2 Å². The molecule has 1 aliphatic heterocycles. The number of methoxy groups -OCH3 is 1. The van der Waals surface area contributed by atoms with E-state index in [0.29, 0.717) is 44.3 Å². The molecule has 1 fully saturated rings. The largest absolute Gasteiger partial charge is 0.493 e. The minimum atomic E-state index is -0.916. The molecule has 1 saturated heterocycles. The smallest absolute Gasteiger partial charge is 0.334 e. The standard InChI is InChI=1S/C18H25NO5/c1-13(2)6-8-23-15-5-4-14(10-16(15)22-3)11-19-7-9-24-17(12-19)18(20)21/h4-6,10,17H,7-9,11-12H2,1-3H3,(H,20,21). The van der Waals surface area contributed by atoms with E-state index in [1.165, 1.54) is 5.57 Å². The van der Waals surface area contributed by atoms with Crippen LogP contribution in [0.1, 0.15) is 19.4 Å². The third-order valence-corrected chi connectivity index (χ3v) is 3.79. The van der Waals surface area contributed by atoms with Crippen molar-refractivity contribution < 1.29 is 24.1 Å². The highest BCUT2D eigenvalue weighted by atomic mass is 16.5. The zero-order valence-electron chi connectivity index (χ0n) is 14.4. The monoisotopic (exact) mass is 335 g/mol. The first-order valence-electron chi connectivity index (χ1n) is 7.99. The third kappa shape index (κ3) is 5.25. The van der Waals surface area contributed by atoms with Gasteiger partial charge in [0.15, 0.2) is 17.6 Å². The summed E-state index contributed by atoms with van der Waals surface area (Å²) in [6.45, 7) is 6.73. The Hall–Kier alpha value is -2.05. The van der Waals surface area contributed by atoms with Crippen LogP contribution in [0.5, 0.6) is 11.5 Å². The van der Waals surface area contributed by atoms with Crippen LogP contribution in [-0.4, -0.2) is 55.5 Å². The molecule has 1 heterocycles. The summed E-state index contributed by atoms with van der Waals surface area (Å²) >= 11 is 0. The fourth-order valence-electron chi connectivity index (χ4n) is 2.48. The summed E-state index contributed by atoms with van der Waals surface area (Å²) in [6, 6.07) is 5.80. The van der Waals surface area contributed by atoms with Crippen LogP contribution in [0.2, 0.25) is 0 Å². The second kappa shape index (κ2) is 8.70. The van der Waals surface area contributed by atoms with Gasteiger partial charge in [-0.05, 0) is 37.6 Å². The Labute approximate surface area is 142 Å². The molecule has 1 aromatic carbocycles. The number of carboxylic acids is 1. The van der Waals surface area contributed by atoms with Gasteiger partial charge in [-0.25, -0.2) is 4.79 Å². The number of allylic oxidation sites excluding steroid dienone is 1. The van der Waals surface area contributed by atoms with Gasteiger partial charge in [-0.3, -0.25) is 4.90 Å². The van der Waals surface area contributed by atoms with Gasteiger partial charge in [0, 0.05) is 19.6 Å². The number of aliphatic carboxylic acids is 1. The molecule has 0 spiro atoms. The molecule has 1 N–H and O–H groups in total. The van der Waals surface area contributed by atoms with Crippen molar-refractivity contribution in [2.75, 3.05) is 33.4 Å². The Kier molecular flexibility index (Phi) is 6.63. The lowest BCUT2D eigenvalue weighted by atomic mass is 10.1. The Morgan fingerprint density at radius 3 is 2.88 bits per heavy atom. The molecule has 6 heteroatoms. The molecular weight excluding hydrogens is 310 g/mol. The number of benzene rings is 1. The highest BCUT2D eigenvalue weighted by molar-refractivity contribution is 5.72. The molecule has 0 amide bonds. The van der Waals surface area contributed by atoms with Crippen LogP contribution < -0.4 is 9.47 Å². The van der Waals surface area contributed by atoms with Gasteiger partial charge < -0.3 is 19.3 Å². The summed E-state index contributed by atoms with van der Waals surface area (Å²) in [5, 5.41) is 9.07. The summed E-state index contributed by atoms with van der Waals surface area (Å²) in [4.78, 5) is 13.1. The van der Waals surface area contributed by atoms with E-state index >= 15 is 0 Å². The molecule has 0 bridgehead atoms. The summed E-state index contributed by atoms with van der Waals surface area (Å²) in [7, 11) is 1.61. The summed E-state index contributed by atoms with van der Waals surface area (Å²) in [6.07, 6.45) is 1.25. The molecule has 1 aromatic rings. The van der Waals surface area contributed by atoms with Crippen molar-refractivity contribution in [1.82, 2.24) is 4.90 Å². The summed E-state index contributed by atoms with van der Waals surface area (Å²) in [5.41, 5.74) is 2.25. The Morgan fingerprint density at radius 2 is 2.21 bits per heavy atom. The predicted molar refractivity (Wildman–Crippen MR) is 90.6 cm³/mol. The molecule has 0 aromatic heterocycles. The van der Waals surface area contributed by atoms with Crippen molar-refractivity contribution in [2.45, 2.75) is 26.5 Å². The molecule has 0 radical (unpaired) electrons. The van der Waals surface area contributed by atoms with E-state index < -0.39 is 12.1 Å². The molecule has 0 saturated carbocycles. The van der Waals surface area contributed by atoms with Gasteiger partial charge >= 0.3 is 5.97 Å². The van der Waals surface area contributed by atoms with Crippen molar-refractivity contribution in [3.8, 4) is 11.5 Å². The number of hydrogen-bond donors (Lipinski definition) is 1. The van der Waals surface area contributed by atoms with Crippen LogP contribution in [0.25, 0.3) is 0 Å². The Bertz CT molecular complexity index is 595. The quantitative estimate of drug-likeness (QED) is 0.771. The van der Waals surface area contributed by atoms with Crippen LogP contribution >= 0.6 is 0 Å². The van der Waals surface area contributed by atoms with E-state index in [1.807, 2.05) is 38.1 Å². The van der Waals surface area contributed by atoms with Gasteiger partial charge in [0.1, 0.15) is 6.61 Å². The van der Waals surface area contributed by atoms with Crippen LogP contribution in [-0.2, 0) is 16.1 Å². The van der Waals surface area contributed by atoms with Crippen molar-refractivity contribution >= 4 is 5.97 Å². The van der Waals surface area contributed by atoms with Crippen LogP contribution in [0.15, 0.2) is 29.8 Å². The van der Waals surface area contributed by atoms with E-state index in [9.17, 15) is 4.79 Å². The Balaban J connectivity index is 2.01. The molecule has 24 heavy (non-hydrogen) atoms. The predicted octanol–water partition coefficient (Wildman–Crippen LogP) is 2.33. The van der Waals surface area contributed by atoms with E-state index in [2.05, 4.69) is 4.90 Å². The minimum absolute atomic E-state index is 0.385. The zero-order valence-corrected chi connectivity index (χ0v) is 14.4. The van der Waals surface area contributed by atoms with Gasteiger partial charge in [0.05, 0.1) is 13.7 Å². The second-order valence-electron chi connectivity index (χ2n) is 6.01. The second-order valence-corrected chi connectivity index (χ2v) is 6.01. The van der Waals surface area contributed by atoms with Crippen molar-refractivity contribution in [3.63, 3.8) is 0 Å². The zero-order chi connectivity index (χ0) is 17.5. The number of nitrogens with zero attached hydrogens (tertiary/aromatic N) is 1. The fraction of sp³-hybridized carbons (Fsp3) is 0.500. The molecule has 0 aliphatic carbocycles. The average Bonchev–Trinajstić information content (AvgIpc) is 2.56. The van der Waals surface area contributed by atoms with Gasteiger partial charge in [0.25, 0.3) is 0 Å². The highest BCUT2D eigenvalue weighted by Crippen LogP contribution is 2.29. The SMILES string of the molecule is COc1cc(CN2CCOC(C(=O)O)C2)ccc1OCC=C(C)C. The molecule has 1 unspecified atom stereocenters. The summed E-state index contributed by atoms with van der Waals surface area (Å²) in [5.74, 6) is 0.460. The number of carboxylic acid groups (broad SMARTS) is 1. The Morgan fingerprint density at radius 1 is 1.42 bits per heavy atom. The number of rotatable bonds is 7. The fourth-order valence-corrected chi connectivity index (χ4v) is 2.48. The van der Waals surface area contributed by atoms with E-state index in [4.69, 9.17) is 19.3 Å². The molecule has 1 aliphatic rings. The van der Waals surface area contributed by atoms with E-state index in [0.717, 1.165) is 5.56 Å². The van der Waals surface area contributed by atoms with Gasteiger partial charge in [0.2, 0.25) is 0 Å². The first-order chi connectivity index (χ1) is 11.5. The van der Waals surface area contributed by atoms with E-state index in [1.54, 1.807) is 7.11 Å². The van der Waals surface area contributed by atoms with Gasteiger partial charge in [-0.15, -0.1) is 0 Å². The first kappa shape index (κ1) is 18.3. The lowest BCUT2D eigenvalue weighted by Gasteiger charge is -2.30. The lowest BCUT2D eigenvalue weighted by Crippen LogP contribution is -2.45. The van der Waals surface area contributed by atoms with Crippen LogP contribution in [0, 0.1) is 0 Å². The molecular formula is C18H25NO5. The number of morpholine rings is 1. The molecule has 1 atom stereocenters. The lowest BCUT2D eigenvalue weighted by molar-refractivity contribution is -0.156. The highest BCUT2D eigenvalue weighted by Gasteiger charge is 2.26. The maximum Gasteiger partial charge on any atom is 0.334 e. The number of hydrogen-bond acceptors (Lipinski definition) is 5. The molecule has 132 valence electrons.